The van der Waals surface area contributed by atoms with Crippen LogP contribution in [0.25, 0.3) is 0 Å². The van der Waals surface area contributed by atoms with Gasteiger partial charge in [0.2, 0.25) is 0 Å². The molecule has 2 atom stereocenters. The van der Waals surface area contributed by atoms with E-state index in [0.29, 0.717) is 12.0 Å². The third-order valence-corrected chi connectivity index (χ3v) is 7.09. The second-order valence-corrected chi connectivity index (χ2v) is 9.27. The van der Waals surface area contributed by atoms with Crippen molar-refractivity contribution in [2.24, 2.45) is 10.9 Å². The minimum absolute atomic E-state index is 0. The van der Waals surface area contributed by atoms with Gasteiger partial charge in [-0.3, -0.25) is 9.89 Å². The molecule has 2 N–H and O–H groups in total. The van der Waals surface area contributed by atoms with Crippen LogP contribution in [-0.4, -0.2) is 71.6 Å². The molecule has 2 aromatic heterocycles. The summed E-state index contributed by atoms with van der Waals surface area (Å²) in [5.74, 6) is 2.46. The van der Waals surface area contributed by atoms with Crippen molar-refractivity contribution in [2.75, 3.05) is 45.9 Å². The van der Waals surface area contributed by atoms with Crippen molar-refractivity contribution in [3.8, 4) is 0 Å². The van der Waals surface area contributed by atoms with E-state index in [1.165, 1.54) is 30.8 Å². The number of nitrogens with one attached hydrogen (secondary N) is 2. The first-order valence-corrected chi connectivity index (χ1v) is 12.5. The number of rotatable bonds is 10. The molecule has 2 saturated heterocycles. The lowest BCUT2D eigenvalue weighted by molar-refractivity contribution is 0.186. The summed E-state index contributed by atoms with van der Waals surface area (Å²) in [5.41, 5.74) is 0. The highest BCUT2D eigenvalue weighted by Gasteiger charge is 2.24. The molecule has 0 bridgehead atoms. The zero-order valence-corrected chi connectivity index (χ0v) is 22.1. The first-order valence-electron chi connectivity index (χ1n) is 11.6. The Balaban J connectivity index is 0.00000289. The summed E-state index contributed by atoms with van der Waals surface area (Å²) < 4.78 is 7.64. The molecule has 178 valence electrons. The average Bonchev–Trinajstić information content (AvgIpc) is 3.59. The van der Waals surface area contributed by atoms with Gasteiger partial charge in [-0.2, -0.15) is 0 Å². The molecule has 0 amide bonds. The van der Waals surface area contributed by atoms with E-state index in [1.54, 1.807) is 6.33 Å². The van der Waals surface area contributed by atoms with Crippen molar-refractivity contribution in [3.05, 3.63) is 34.5 Å². The summed E-state index contributed by atoms with van der Waals surface area (Å²) in [5, 5.41) is 17.5. The lowest BCUT2D eigenvalue weighted by Crippen LogP contribution is -2.42. The van der Waals surface area contributed by atoms with Gasteiger partial charge in [-0.15, -0.1) is 45.5 Å². The maximum absolute atomic E-state index is 5.54. The zero-order chi connectivity index (χ0) is 21.3. The van der Waals surface area contributed by atoms with Gasteiger partial charge in [-0.05, 0) is 43.8 Å². The smallest absolute Gasteiger partial charge is 0.191 e. The van der Waals surface area contributed by atoms with Gasteiger partial charge in [0, 0.05) is 43.5 Å². The molecular formula is C22H36IN7OS. The number of hydrogen-bond donors (Lipinski definition) is 2. The van der Waals surface area contributed by atoms with Crippen molar-refractivity contribution < 1.29 is 4.74 Å². The standard InChI is InChI=1S/C22H35N7OS.HI/c1-2-21-27-26-17-29(21)11-8-23-22(24-14-18-7-12-30-16-18)25-15-19(20-6-5-13-31-20)28-9-3-4-10-28;/h5-6,13,17-19H,2-4,7-12,14-16H2,1H3,(H2,23,24,25);1H. The summed E-state index contributed by atoms with van der Waals surface area (Å²) >= 11 is 1.84. The Kier molecular flexibility index (Phi) is 10.7. The normalized spacial score (nSPS) is 20.3. The highest BCUT2D eigenvalue weighted by molar-refractivity contribution is 14.0. The van der Waals surface area contributed by atoms with E-state index in [1.807, 2.05) is 11.3 Å². The SMILES string of the molecule is CCc1nncn1CCNC(=NCC(c1cccs1)N1CCCC1)NCC1CCOC1.I. The van der Waals surface area contributed by atoms with E-state index < -0.39 is 0 Å². The van der Waals surface area contributed by atoms with E-state index in [9.17, 15) is 0 Å². The highest BCUT2D eigenvalue weighted by Crippen LogP contribution is 2.28. The van der Waals surface area contributed by atoms with E-state index in [2.05, 4.69) is 54.7 Å². The molecule has 10 heteroatoms. The number of thiophene rings is 1. The summed E-state index contributed by atoms with van der Waals surface area (Å²) in [4.78, 5) is 9.02. The first-order chi connectivity index (χ1) is 15.3. The number of aliphatic imine (C=N–C) groups is 1. The van der Waals surface area contributed by atoms with Gasteiger partial charge in [0.1, 0.15) is 12.2 Å². The van der Waals surface area contributed by atoms with Gasteiger partial charge in [-0.1, -0.05) is 13.0 Å². The summed E-state index contributed by atoms with van der Waals surface area (Å²) in [6, 6.07) is 4.76. The van der Waals surface area contributed by atoms with Crippen LogP contribution in [0, 0.1) is 5.92 Å². The molecule has 0 saturated carbocycles. The average molecular weight is 574 g/mol. The lowest BCUT2D eigenvalue weighted by Gasteiger charge is -2.25. The molecule has 4 heterocycles. The molecule has 32 heavy (non-hydrogen) atoms. The number of likely N-dealkylation sites (tertiary alicyclic amines) is 1. The Labute approximate surface area is 212 Å². The van der Waals surface area contributed by atoms with Crippen molar-refractivity contribution in [1.82, 2.24) is 30.3 Å². The molecule has 0 radical (unpaired) electrons. The van der Waals surface area contributed by atoms with E-state index >= 15 is 0 Å². The fourth-order valence-corrected chi connectivity index (χ4v) is 5.14. The minimum atomic E-state index is 0. The van der Waals surface area contributed by atoms with Crippen LogP contribution in [0.5, 0.6) is 0 Å². The third kappa shape index (κ3) is 7.13. The van der Waals surface area contributed by atoms with Crippen LogP contribution in [0.15, 0.2) is 28.8 Å². The molecule has 0 aliphatic carbocycles. The van der Waals surface area contributed by atoms with Crippen molar-refractivity contribution in [3.63, 3.8) is 0 Å². The topological polar surface area (TPSA) is 79.6 Å². The first kappa shape index (κ1) is 25.4. The van der Waals surface area contributed by atoms with E-state index in [-0.39, 0.29) is 24.0 Å². The fourth-order valence-electron chi connectivity index (χ4n) is 4.29. The maximum atomic E-state index is 5.54. The zero-order valence-electron chi connectivity index (χ0n) is 18.9. The number of guanidine groups is 1. The molecule has 2 aliphatic rings. The van der Waals surface area contributed by atoms with Crippen LogP contribution in [0.4, 0.5) is 0 Å². The van der Waals surface area contributed by atoms with Crippen LogP contribution in [-0.2, 0) is 17.7 Å². The Hall–Kier alpha value is -1.24. The van der Waals surface area contributed by atoms with E-state index in [0.717, 1.165) is 64.0 Å². The fraction of sp³-hybridized carbons (Fsp3) is 0.682. The van der Waals surface area contributed by atoms with Gasteiger partial charge in [0.05, 0.1) is 19.2 Å². The Morgan fingerprint density at radius 2 is 2.22 bits per heavy atom. The van der Waals surface area contributed by atoms with Crippen LogP contribution < -0.4 is 10.6 Å². The second-order valence-electron chi connectivity index (χ2n) is 8.29. The molecule has 2 unspecified atom stereocenters. The molecule has 2 aliphatic heterocycles. The molecule has 0 aromatic carbocycles. The van der Waals surface area contributed by atoms with Crippen LogP contribution in [0.1, 0.15) is 42.9 Å². The number of nitrogens with zero attached hydrogens (tertiary/aromatic N) is 5. The molecule has 0 spiro atoms. The Morgan fingerprint density at radius 1 is 1.34 bits per heavy atom. The molecule has 8 nitrogen and oxygen atoms in total. The van der Waals surface area contributed by atoms with E-state index in [4.69, 9.17) is 9.73 Å². The van der Waals surface area contributed by atoms with Crippen molar-refractivity contribution in [2.45, 2.75) is 45.2 Å². The predicted octanol–water partition coefficient (Wildman–Crippen LogP) is 2.93. The Morgan fingerprint density at radius 3 is 2.94 bits per heavy atom. The van der Waals surface area contributed by atoms with Gasteiger partial charge in [0.25, 0.3) is 0 Å². The third-order valence-electron chi connectivity index (χ3n) is 6.11. The number of aromatic nitrogens is 3. The van der Waals surface area contributed by atoms with Crippen molar-refractivity contribution in [1.29, 1.82) is 0 Å². The van der Waals surface area contributed by atoms with Gasteiger partial charge in [-0.25, -0.2) is 0 Å². The molecule has 2 fully saturated rings. The van der Waals surface area contributed by atoms with Crippen LogP contribution >= 0.6 is 35.3 Å². The number of aryl methyl sites for hydroxylation is 1. The summed E-state index contributed by atoms with van der Waals surface area (Å²) in [6.07, 6.45) is 6.39. The molecule has 4 rings (SSSR count). The molecule has 2 aromatic rings. The van der Waals surface area contributed by atoms with Crippen LogP contribution in [0.3, 0.4) is 0 Å². The van der Waals surface area contributed by atoms with Gasteiger partial charge >= 0.3 is 0 Å². The number of halogens is 1. The molecular weight excluding hydrogens is 537 g/mol. The Bertz CT molecular complexity index is 801. The summed E-state index contributed by atoms with van der Waals surface area (Å²) in [7, 11) is 0. The number of ether oxygens (including phenoxy) is 1. The van der Waals surface area contributed by atoms with Crippen LogP contribution in [0.2, 0.25) is 0 Å². The van der Waals surface area contributed by atoms with Gasteiger partial charge in [0.15, 0.2) is 5.96 Å². The monoisotopic (exact) mass is 573 g/mol. The quantitative estimate of drug-likeness (QED) is 0.259. The number of hydrogen-bond acceptors (Lipinski definition) is 6. The highest BCUT2D eigenvalue weighted by atomic mass is 127. The minimum Gasteiger partial charge on any atom is -0.381 e. The predicted molar refractivity (Wildman–Crippen MR) is 140 cm³/mol. The van der Waals surface area contributed by atoms with Crippen molar-refractivity contribution >= 4 is 41.3 Å². The summed E-state index contributed by atoms with van der Waals surface area (Å²) in [6.45, 7) is 9.42. The largest absolute Gasteiger partial charge is 0.381 e. The maximum Gasteiger partial charge on any atom is 0.191 e. The lowest BCUT2D eigenvalue weighted by atomic mass is 10.1. The van der Waals surface area contributed by atoms with Gasteiger partial charge < -0.3 is 19.9 Å². The second kappa shape index (κ2) is 13.5.